The number of benzene rings is 1. The first-order valence-electron chi connectivity index (χ1n) is 4.28. The lowest BCUT2D eigenvalue weighted by Gasteiger charge is -2.09. The molecule has 0 aliphatic rings. The summed E-state index contributed by atoms with van der Waals surface area (Å²) < 4.78 is 10.2. The molecular weight excluding hydrogens is 182 g/mol. The summed E-state index contributed by atoms with van der Waals surface area (Å²) in [5.74, 6) is 5.81. The van der Waals surface area contributed by atoms with Crippen molar-refractivity contribution in [2.75, 3.05) is 14.2 Å². The lowest BCUT2D eigenvalue weighted by atomic mass is 10.1. The fourth-order valence-corrected chi connectivity index (χ4v) is 1.29. The second-order valence-electron chi connectivity index (χ2n) is 2.89. The Hall–Kier alpha value is -1.10. The van der Waals surface area contributed by atoms with Crippen LogP contribution in [-0.2, 0) is 22.8 Å². The summed E-state index contributed by atoms with van der Waals surface area (Å²) in [6, 6.07) is 5.74. The molecule has 1 aromatic carbocycles. The Kier molecular flexibility index (Phi) is 4.39. The first-order valence-corrected chi connectivity index (χ1v) is 4.28. The summed E-state index contributed by atoms with van der Waals surface area (Å²) in [7, 11) is 3.28. The first-order chi connectivity index (χ1) is 6.81. The summed E-state index contributed by atoms with van der Waals surface area (Å²) in [6.45, 7) is 0.905. The van der Waals surface area contributed by atoms with Gasteiger partial charge in [0.25, 0.3) is 0 Å². The van der Waals surface area contributed by atoms with Gasteiger partial charge in [0.1, 0.15) is 5.75 Å². The maximum absolute atomic E-state index is 5.18. The predicted octanol–water partition coefficient (Wildman–Crippen LogP) is 1.23. The van der Waals surface area contributed by atoms with Crippen molar-refractivity contribution in [3.05, 3.63) is 29.3 Å². The average Bonchev–Trinajstić information content (AvgIpc) is 2.19. The van der Waals surface area contributed by atoms with Gasteiger partial charge in [-0.05, 0) is 17.7 Å². The quantitative estimate of drug-likeness (QED) is 0.721. The molecule has 0 unspecified atom stereocenters. The molecule has 0 fully saturated rings. The van der Waals surface area contributed by atoms with Crippen molar-refractivity contribution in [3.8, 4) is 5.75 Å². The van der Waals surface area contributed by atoms with Gasteiger partial charge in [0.05, 0.1) is 20.3 Å². The highest BCUT2D eigenvalue weighted by atomic mass is 16.6. The summed E-state index contributed by atoms with van der Waals surface area (Å²) in [6.07, 6.45) is 0. The fraction of sp³-hybridized carbons (Fsp3) is 0.400. The number of ether oxygens (including phenoxy) is 2. The van der Waals surface area contributed by atoms with Crippen LogP contribution >= 0.6 is 0 Å². The van der Waals surface area contributed by atoms with Crippen molar-refractivity contribution in [2.45, 2.75) is 13.2 Å². The van der Waals surface area contributed by atoms with Gasteiger partial charge in [-0.3, -0.25) is 4.84 Å². The Labute approximate surface area is 83.5 Å². The van der Waals surface area contributed by atoms with E-state index in [4.69, 9.17) is 15.4 Å². The van der Waals surface area contributed by atoms with Crippen LogP contribution in [0.2, 0.25) is 0 Å². The maximum atomic E-state index is 5.18. The number of nitrogens with two attached hydrogens (primary N) is 1. The fourth-order valence-electron chi connectivity index (χ4n) is 1.29. The Balaban J connectivity index is 2.88. The zero-order chi connectivity index (χ0) is 10.4. The summed E-state index contributed by atoms with van der Waals surface area (Å²) >= 11 is 0. The Morgan fingerprint density at radius 3 is 2.57 bits per heavy atom. The van der Waals surface area contributed by atoms with E-state index in [1.165, 1.54) is 0 Å². The zero-order valence-electron chi connectivity index (χ0n) is 8.45. The number of rotatable bonds is 5. The van der Waals surface area contributed by atoms with Crippen LogP contribution in [0.1, 0.15) is 11.1 Å². The van der Waals surface area contributed by atoms with Crippen molar-refractivity contribution in [3.63, 3.8) is 0 Å². The van der Waals surface area contributed by atoms with Crippen molar-refractivity contribution in [2.24, 2.45) is 5.90 Å². The van der Waals surface area contributed by atoms with Crippen LogP contribution in [0.3, 0.4) is 0 Å². The van der Waals surface area contributed by atoms with E-state index < -0.39 is 0 Å². The third-order valence-corrected chi connectivity index (χ3v) is 1.89. The van der Waals surface area contributed by atoms with Gasteiger partial charge in [-0.1, -0.05) is 6.07 Å². The molecule has 1 aromatic rings. The van der Waals surface area contributed by atoms with Crippen LogP contribution in [-0.4, -0.2) is 14.2 Å². The Morgan fingerprint density at radius 2 is 2.00 bits per heavy atom. The molecule has 4 nitrogen and oxygen atoms in total. The van der Waals surface area contributed by atoms with Gasteiger partial charge >= 0.3 is 0 Å². The van der Waals surface area contributed by atoms with Gasteiger partial charge in [-0.2, -0.15) is 0 Å². The minimum atomic E-state index is 0.390. The molecule has 0 bridgehead atoms. The largest absolute Gasteiger partial charge is 0.496 e. The van der Waals surface area contributed by atoms with E-state index in [9.17, 15) is 0 Å². The molecule has 4 heteroatoms. The molecule has 14 heavy (non-hydrogen) atoms. The lowest BCUT2D eigenvalue weighted by molar-refractivity contribution is 0.123. The minimum Gasteiger partial charge on any atom is -0.496 e. The zero-order valence-corrected chi connectivity index (χ0v) is 8.45. The Bertz CT molecular complexity index is 289. The topological polar surface area (TPSA) is 53.7 Å². The third-order valence-electron chi connectivity index (χ3n) is 1.89. The highest BCUT2D eigenvalue weighted by Crippen LogP contribution is 2.20. The first kappa shape index (κ1) is 11.0. The molecule has 0 saturated carbocycles. The van der Waals surface area contributed by atoms with Crippen LogP contribution in [0.15, 0.2) is 18.2 Å². The molecule has 78 valence electrons. The van der Waals surface area contributed by atoms with E-state index in [0.717, 1.165) is 16.9 Å². The van der Waals surface area contributed by atoms with Gasteiger partial charge < -0.3 is 9.47 Å². The second-order valence-corrected chi connectivity index (χ2v) is 2.89. The standard InChI is InChI=1S/C10H15NO3/c1-12-7-9-5-8(6-14-11)3-4-10(9)13-2/h3-5H,6-7,11H2,1-2H3. The smallest absolute Gasteiger partial charge is 0.124 e. The SMILES string of the molecule is COCc1cc(CON)ccc1OC. The normalized spacial score (nSPS) is 10.2. The van der Waals surface area contributed by atoms with E-state index in [0.29, 0.717) is 13.2 Å². The van der Waals surface area contributed by atoms with E-state index in [1.807, 2.05) is 18.2 Å². The van der Waals surface area contributed by atoms with Gasteiger partial charge in [-0.25, -0.2) is 5.90 Å². The second kappa shape index (κ2) is 5.59. The summed E-state index contributed by atoms with van der Waals surface area (Å²) in [5.41, 5.74) is 1.99. The number of hydrogen-bond acceptors (Lipinski definition) is 4. The van der Waals surface area contributed by atoms with E-state index >= 15 is 0 Å². The van der Waals surface area contributed by atoms with E-state index in [-0.39, 0.29) is 0 Å². The predicted molar refractivity (Wildman–Crippen MR) is 52.7 cm³/mol. The maximum Gasteiger partial charge on any atom is 0.124 e. The molecule has 2 N–H and O–H groups in total. The van der Waals surface area contributed by atoms with Crippen molar-refractivity contribution < 1.29 is 14.3 Å². The Morgan fingerprint density at radius 1 is 1.21 bits per heavy atom. The van der Waals surface area contributed by atoms with Gasteiger partial charge in [0, 0.05) is 12.7 Å². The highest BCUT2D eigenvalue weighted by Gasteiger charge is 2.03. The van der Waals surface area contributed by atoms with Gasteiger partial charge in [0.2, 0.25) is 0 Å². The molecule has 1 rings (SSSR count). The summed E-state index contributed by atoms with van der Waals surface area (Å²) in [5, 5.41) is 0. The van der Waals surface area contributed by atoms with Gasteiger partial charge in [0.15, 0.2) is 0 Å². The van der Waals surface area contributed by atoms with Crippen LogP contribution in [0, 0.1) is 0 Å². The average molecular weight is 197 g/mol. The highest BCUT2D eigenvalue weighted by molar-refractivity contribution is 5.36. The van der Waals surface area contributed by atoms with Crippen LogP contribution < -0.4 is 10.6 Å². The van der Waals surface area contributed by atoms with Crippen LogP contribution in [0.5, 0.6) is 5.75 Å². The van der Waals surface area contributed by atoms with E-state index in [2.05, 4.69) is 4.84 Å². The molecule has 0 aliphatic heterocycles. The molecule has 0 heterocycles. The van der Waals surface area contributed by atoms with Crippen molar-refractivity contribution in [1.29, 1.82) is 0 Å². The molecule has 0 amide bonds. The number of methoxy groups -OCH3 is 2. The molecule has 0 aromatic heterocycles. The minimum absolute atomic E-state index is 0.390. The lowest BCUT2D eigenvalue weighted by Crippen LogP contribution is -2.01. The van der Waals surface area contributed by atoms with Crippen molar-refractivity contribution >= 4 is 0 Å². The molecular formula is C10H15NO3. The number of hydrogen-bond donors (Lipinski definition) is 1. The van der Waals surface area contributed by atoms with Gasteiger partial charge in [-0.15, -0.1) is 0 Å². The van der Waals surface area contributed by atoms with Crippen LogP contribution in [0.25, 0.3) is 0 Å². The molecule has 0 aliphatic carbocycles. The van der Waals surface area contributed by atoms with E-state index in [1.54, 1.807) is 14.2 Å². The van der Waals surface area contributed by atoms with Crippen molar-refractivity contribution in [1.82, 2.24) is 0 Å². The summed E-state index contributed by atoms with van der Waals surface area (Å²) in [4.78, 5) is 4.55. The third kappa shape index (κ3) is 2.70. The monoisotopic (exact) mass is 197 g/mol. The molecule has 0 atom stereocenters. The molecule has 0 radical (unpaired) electrons. The molecule has 0 saturated heterocycles. The van der Waals surface area contributed by atoms with Crippen LogP contribution in [0.4, 0.5) is 0 Å². The molecule has 0 spiro atoms.